The van der Waals surface area contributed by atoms with E-state index in [-0.39, 0.29) is 12.0 Å². The first-order valence-corrected chi connectivity index (χ1v) is 6.35. The summed E-state index contributed by atoms with van der Waals surface area (Å²) < 4.78 is 0. The van der Waals surface area contributed by atoms with Crippen molar-refractivity contribution in [2.24, 2.45) is 11.7 Å². The molecule has 1 aromatic rings. The summed E-state index contributed by atoms with van der Waals surface area (Å²) in [4.78, 5) is 13.2. The van der Waals surface area contributed by atoms with E-state index >= 15 is 0 Å². The van der Waals surface area contributed by atoms with E-state index in [0.29, 0.717) is 13.1 Å². The lowest BCUT2D eigenvalue weighted by atomic mass is 10.0. The van der Waals surface area contributed by atoms with E-state index in [9.17, 15) is 4.79 Å². The van der Waals surface area contributed by atoms with E-state index in [2.05, 4.69) is 36.1 Å². The zero-order chi connectivity index (χ0) is 13.1. The zero-order valence-corrected chi connectivity index (χ0v) is 10.7. The summed E-state index contributed by atoms with van der Waals surface area (Å²) in [7, 11) is 0. The van der Waals surface area contributed by atoms with Crippen molar-refractivity contribution in [3.05, 3.63) is 35.4 Å². The van der Waals surface area contributed by atoms with Gasteiger partial charge in [-0.3, -0.25) is 9.69 Å². The van der Waals surface area contributed by atoms with E-state index in [1.54, 1.807) is 0 Å². The highest BCUT2D eigenvalue weighted by Crippen LogP contribution is 2.27. The van der Waals surface area contributed by atoms with Crippen molar-refractivity contribution in [1.82, 2.24) is 4.90 Å². The van der Waals surface area contributed by atoms with Gasteiger partial charge in [0.05, 0.1) is 5.92 Å². The molecule has 1 aromatic carbocycles. The molecule has 2 atom stereocenters. The quantitative estimate of drug-likeness (QED) is 0.845. The van der Waals surface area contributed by atoms with Gasteiger partial charge < -0.3 is 10.8 Å². The van der Waals surface area contributed by atoms with E-state index < -0.39 is 5.97 Å². The Balaban J connectivity index is 2.10. The first-order chi connectivity index (χ1) is 8.61. The van der Waals surface area contributed by atoms with Gasteiger partial charge in [0.1, 0.15) is 0 Å². The number of carboxylic acid groups (broad SMARTS) is 1. The predicted octanol–water partition coefficient (Wildman–Crippen LogP) is 1.40. The number of benzene rings is 1. The molecule has 0 unspecified atom stereocenters. The van der Waals surface area contributed by atoms with Crippen LogP contribution in [0, 0.1) is 12.8 Å². The van der Waals surface area contributed by atoms with Crippen molar-refractivity contribution < 1.29 is 9.90 Å². The highest BCUT2D eigenvalue weighted by molar-refractivity contribution is 5.70. The van der Waals surface area contributed by atoms with E-state index in [1.807, 2.05) is 0 Å². The van der Waals surface area contributed by atoms with Crippen LogP contribution < -0.4 is 5.73 Å². The molecule has 0 aliphatic carbocycles. The highest BCUT2D eigenvalue weighted by Gasteiger charge is 2.32. The molecule has 3 N–H and O–H groups in total. The van der Waals surface area contributed by atoms with Crippen molar-refractivity contribution in [2.75, 3.05) is 19.6 Å². The average molecular weight is 248 g/mol. The maximum absolute atomic E-state index is 11.0. The monoisotopic (exact) mass is 248 g/mol. The Labute approximate surface area is 107 Å². The minimum absolute atomic E-state index is 0.134. The number of aryl methyl sites for hydroxylation is 1. The van der Waals surface area contributed by atoms with Crippen molar-refractivity contribution in [3.8, 4) is 0 Å². The lowest BCUT2D eigenvalue weighted by Crippen LogP contribution is -2.32. The Morgan fingerprint density at radius 1 is 1.50 bits per heavy atom. The summed E-state index contributed by atoms with van der Waals surface area (Å²) in [5.41, 5.74) is 8.25. The van der Waals surface area contributed by atoms with Gasteiger partial charge in [-0.05, 0) is 25.5 Å². The number of likely N-dealkylation sites (tertiary alicyclic amines) is 1. The summed E-state index contributed by atoms with van der Waals surface area (Å²) >= 11 is 0. The van der Waals surface area contributed by atoms with Gasteiger partial charge in [-0.1, -0.05) is 29.8 Å². The number of carboxylic acids is 1. The van der Waals surface area contributed by atoms with Crippen LogP contribution in [0.4, 0.5) is 0 Å². The first-order valence-electron chi connectivity index (χ1n) is 6.35. The maximum Gasteiger partial charge on any atom is 0.307 e. The van der Waals surface area contributed by atoms with Gasteiger partial charge in [0, 0.05) is 19.1 Å². The van der Waals surface area contributed by atoms with Gasteiger partial charge >= 0.3 is 5.97 Å². The summed E-state index contributed by atoms with van der Waals surface area (Å²) in [5.74, 6) is -0.943. The molecule has 0 amide bonds. The van der Waals surface area contributed by atoms with Crippen molar-refractivity contribution in [3.63, 3.8) is 0 Å². The van der Waals surface area contributed by atoms with Crippen LogP contribution in [0.1, 0.15) is 23.6 Å². The van der Waals surface area contributed by atoms with Crippen molar-refractivity contribution in [1.29, 1.82) is 0 Å². The third kappa shape index (κ3) is 2.71. The smallest absolute Gasteiger partial charge is 0.307 e. The molecule has 2 rings (SSSR count). The van der Waals surface area contributed by atoms with Gasteiger partial charge in [-0.15, -0.1) is 0 Å². The standard InChI is InChI=1S/C14H20N2O2/c1-10-2-4-11(5-3-10)13(8-15)16-7-6-12(9-16)14(17)18/h2-5,12-13H,6-9,15H2,1H3,(H,17,18)/t12-,13-/m0/s1. The third-order valence-corrected chi connectivity index (χ3v) is 3.70. The van der Waals surface area contributed by atoms with E-state index in [1.165, 1.54) is 11.1 Å². The van der Waals surface area contributed by atoms with Gasteiger partial charge in [0.25, 0.3) is 0 Å². The van der Waals surface area contributed by atoms with Crippen LogP contribution in [0.5, 0.6) is 0 Å². The molecule has 1 fully saturated rings. The lowest BCUT2D eigenvalue weighted by molar-refractivity contribution is -0.141. The topological polar surface area (TPSA) is 66.6 Å². The number of nitrogens with zero attached hydrogens (tertiary/aromatic N) is 1. The van der Waals surface area contributed by atoms with Crippen LogP contribution in [0.15, 0.2) is 24.3 Å². The Hall–Kier alpha value is -1.39. The fourth-order valence-electron chi connectivity index (χ4n) is 2.56. The molecule has 1 aliphatic rings. The maximum atomic E-state index is 11.0. The Morgan fingerprint density at radius 2 is 2.17 bits per heavy atom. The summed E-state index contributed by atoms with van der Waals surface area (Å²) in [5, 5.41) is 9.03. The molecular weight excluding hydrogens is 228 g/mol. The second kappa shape index (κ2) is 5.50. The molecule has 0 aromatic heterocycles. The predicted molar refractivity (Wildman–Crippen MR) is 70.3 cm³/mol. The van der Waals surface area contributed by atoms with E-state index in [0.717, 1.165) is 13.0 Å². The number of nitrogens with two attached hydrogens (primary N) is 1. The highest BCUT2D eigenvalue weighted by atomic mass is 16.4. The molecule has 0 saturated carbocycles. The first kappa shape index (κ1) is 13.1. The third-order valence-electron chi connectivity index (χ3n) is 3.70. The molecule has 1 saturated heterocycles. The molecule has 1 heterocycles. The number of aliphatic carboxylic acids is 1. The molecule has 0 radical (unpaired) electrons. The van der Waals surface area contributed by atoms with Crippen LogP contribution in [0.25, 0.3) is 0 Å². The second-order valence-corrected chi connectivity index (χ2v) is 4.98. The van der Waals surface area contributed by atoms with Gasteiger partial charge in [0.15, 0.2) is 0 Å². The summed E-state index contributed by atoms with van der Waals surface area (Å²) in [6, 6.07) is 8.45. The largest absolute Gasteiger partial charge is 0.481 e. The fraction of sp³-hybridized carbons (Fsp3) is 0.500. The lowest BCUT2D eigenvalue weighted by Gasteiger charge is -2.27. The van der Waals surface area contributed by atoms with Crippen LogP contribution >= 0.6 is 0 Å². The summed E-state index contributed by atoms with van der Waals surface area (Å²) in [6.07, 6.45) is 0.720. The van der Waals surface area contributed by atoms with Gasteiger partial charge in [-0.25, -0.2) is 0 Å². The van der Waals surface area contributed by atoms with Gasteiger partial charge in [0.2, 0.25) is 0 Å². The van der Waals surface area contributed by atoms with Gasteiger partial charge in [-0.2, -0.15) is 0 Å². The fourth-order valence-corrected chi connectivity index (χ4v) is 2.56. The second-order valence-electron chi connectivity index (χ2n) is 4.98. The van der Waals surface area contributed by atoms with Crippen LogP contribution in [-0.2, 0) is 4.79 Å². The van der Waals surface area contributed by atoms with Crippen LogP contribution in [0.3, 0.4) is 0 Å². The van der Waals surface area contributed by atoms with Crippen LogP contribution in [0.2, 0.25) is 0 Å². The van der Waals surface area contributed by atoms with Crippen LogP contribution in [-0.4, -0.2) is 35.6 Å². The average Bonchev–Trinajstić information content (AvgIpc) is 2.82. The van der Waals surface area contributed by atoms with E-state index in [4.69, 9.17) is 10.8 Å². The SMILES string of the molecule is Cc1ccc([C@H](CN)N2CC[C@H](C(=O)O)C2)cc1. The molecular formula is C14H20N2O2. The molecule has 4 heteroatoms. The Kier molecular flexibility index (Phi) is 3.99. The minimum atomic E-state index is -0.697. The summed E-state index contributed by atoms with van der Waals surface area (Å²) in [6.45, 7) is 3.99. The molecule has 1 aliphatic heterocycles. The molecule has 18 heavy (non-hydrogen) atoms. The number of hydrogen-bond donors (Lipinski definition) is 2. The molecule has 0 bridgehead atoms. The Morgan fingerprint density at radius 3 is 2.67 bits per heavy atom. The normalized spacial score (nSPS) is 22.0. The molecule has 98 valence electrons. The Bertz CT molecular complexity index is 416. The zero-order valence-electron chi connectivity index (χ0n) is 10.7. The number of carbonyl (C=O) groups is 1. The van der Waals surface area contributed by atoms with Crippen molar-refractivity contribution in [2.45, 2.75) is 19.4 Å². The molecule has 0 spiro atoms. The minimum Gasteiger partial charge on any atom is -0.481 e. The van der Waals surface area contributed by atoms with Crippen molar-refractivity contribution >= 4 is 5.97 Å². The number of hydrogen-bond acceptors (Lipinski definition) is 3. The number of rotatable bonds is 4. The molecule has 4 nitrogen and oxygen atoms in total.